The lowest BCUT2D eigenvalue weighted by molar-refractivity contribution is -0.132. The number of halogens is 1. The van der Waals surface area contributed by atoms with Crippen LogP contribution in [0.3, 0.4) is 0 Å². The molecule has 0 aliphatic carbocycles. The minimum atomic E-state index is -0.642. The topological polar surface area (TPSA) is 70.7 Å². The average Bonchev–Trinajstić information content (AvgIpc) is 2.73. The molecule has 7 heteroatoms. The van der Waals surface area contributed by atoms with E-state index < -0.39 is 5.41 Å². The highest BCUT2D eigenvalue weighted by molar-refractivity contribution is 6.31. The lowest BCUT2D eigenvalue weighted by Crippen LogP contribution is -2.52. The number of carbonyl (C=O) groups excluding carboxylic acids is 2. The van der Waals surface area contributed by atoms with Gasteiger partial charge in [-0.1, -0.05) is 35.9 Å². The third-order valence-electron chi connectivity index (χ3n) is 5.64. The van der Waals surface area contributed by atoms with E-state index in [1.54, 1.807) is 23.1 Å². The van der Waals surface area contributed by atoms with Gasteiger partial charge in [-0.05, 0) is 56.0 Å². The summed E-state index contributed by atoms with van der Waals surface area (Å²) in [5, 5.41) is 6.41. The average molecular weight is 430 g/mol. The van der Waals surface area contributed by atoms with Crippen LogP contribution < -0.4 is 15.4 Å². The van der Waals surface area contributed by atoms with Gasteiger partial charge in [-0.3, -0.25) is 4.79 Å². The number of urea groups is 1. The Morgan fingerprint density at radius 1 is 1.23 bits per heavy atom. The molecule has 0 aromatic heterocycles. The Morgan fingerprint density at radius 2 is 2.00 bits per heavy atom. The summed E-state index contributed by atoms with van der Waals surface area (Å²) >= 11 is 6.05. The fraction of sp³-hybridized carbons (Fsp3) is 0.391. The van der Waals surface area contributed by atoms with Gasteiger partial charge in [-0.25, -0.2) is 4.79 Å². The fourth-order valence-corrected chi connectivity index (χ4v) is 3.94. The van der Waals surface area contributed by atoms with E-state index in [1.807, 2.05) is 38.1 Å². The van der Waals surface area contributed by atoms with Crippen molar-refractivity contribution in [3.8, 4) is 5.75 Å². The molecule has 0 radical (unpaired) electrons. The van der Waals surface area contributed by atoms with Crippen LogP contribution in [0.25, 0.3) is 0 Å². The van der Waals surface area contributed by atoms with E-state index in [0.29, 0.717) is 36.1 Å². The lowest BCUT2D eigenvalue weighted by Gasteiger charge is -2.39. The van der Waals surface area contributed by atoms with Crippen molar-refractivity contribution in [1.82, 2.24) is 10.2 Å². The van der Waals surface area contributed by atoms with Gasteiger partial charge in [-0.2, -0.15) is 0 Å². The van der Waals surface area contributed by atoms with Crippen LogP contribution in [0.1, 0.15) is 30.9 Å². The van der Waals surface area contributed by atoms with Crippen molar-refractivity contribution >= 4 is 29.2 Å². The maximum atomic E-state index is 13.0. The molecule has 2 aromatic carbocycles. The van der Waals surface area contributed by atoms with Crippen molar-refractivity contribution in [2.75, 3.05) is 25.5 Å². The van der Waals surface area contributed by atoms with Crippen molar-refractivity contribution in [2.45, 2.75) is 33.2 Å². The van der Waals surface area contributed by atoms with Crippen LogP contribution in [0, 0.1) is 12.3 Å². The van der Waals surface area contributed by atoms with Crippen LogP contribution in [0.2, 0.25) is 5.02 Å². The summed E-state index contributed by atoms with van der Waals surface area (Å²) in [6.45, 7) is 5.36. The highest BCUT2D eigenvalue weighted by Gasteiger charge is 2.39. The zero-order valence-corrected chi connectivity index (χ0v) is 18.4. The van der Waals surface area contributed by atoms with Gasteiger partial charge in [0.05, 0.1) is 18.2 Å². The first kappa shape index (κ1) is 22.0. The van der Waals surface area contributed by atoms with Crippen LogP contribution in [0.15, 0.2) is 42.5 Å². The van der Waals surface area contributed by atoms with Crippen LogP contribution in [0.4, 0.5) is 10.5 Å². The maximum Gasteiger partial charge on any atom is 0.321 e. The molecule has 3 amide bonds. The van der Waals surface area contributed by atoms with Gasteiger partial charge in [0.15, 0.2) is 0 Å². The zero-order chi connectivity index (χ0) is 21.7. The molecule has 1 saturated heterocycles. The smallest absolute Gasteiger partial charge is 0.321 e. The summed E-state index contributed by atoms with van der Waals surface area (Å²) in [6, 6.07) is 12.8. The number of rotatable bonds is 5. The first-order valence-corrected chi connectivity index (χ1v) is 10.4. The minimum Gasteiger partial charge on any atom is -0.495 e. The summed E-state index contributed by atoms with van der Waals surface area (Å²) in [4.78, 5) is 27.5. The van der Waals surface area contributed by atoms with Crippen LogP contribution in [0.5, 0.6) is 5.75 Å². The number of anilines is 1. The number of hydrogen-bond donors (Lipinski definition) is 2. The lowest BCUT2D eigenvalue weighted by atomic mass is 9.81. The van der Waals surface area contributed by atoms with Gasteiger partial charge in [0, 0.05) is 24.7 Å². The first-order chi connectivity index (χ1) is 14.3. The number of nitrogens with one attached hydrogen (secondary N) is 2. The van der Waals surface area contributed by atoms with Crippen molar-refractivity contribution in [3.05, 3.63) is 58.6 Å². The first-order valence-electron chi connectivity index (χ1n) is 10.0. The molecule has 0 unspecified atom stereocenters. The third-order valence-corrected chi connectivity index (χ3v) is 5.87. The summed E-state index contributed by atoms with van der Waals surface area (Å²) in [6.07, 6.45) is 1.49. The number of aryl methyl sites for hydroxylation is 1. The van der Waals surface area contributed by atoms with Crippen LogP contribution in [-0.2, 0) is 11.3 Å². The van der Waals surface area contributed by atoms with Crippen molar-refractivity contribution < 1.29 is 14.3 Å². The molecule has 1 fully saturated rings. The number of piperidine rings is 1. The number of methoxy groups -OCH3 is 1. The normalized spacial score (nSPS) is 18.6. The maximum absolute atomic E-state index is 13.0. The molecule has 1 aliphatic heterocycles. The molecule has 160 valence electrons. The predicted octanol–water partition coefficient (Wildman–Crippen LogP) is 4.61. The molecular formula is C23H28ClN3O3. The Kier molecular flexibility index (Phi) is 6.87. The van der Waals surface area contributed by atoms with Crippen LogP contribution >= 0.6 is 11.6 Å². The Balaban J connectivity index is 1.64. The van der Waals surface area contributed by atoms with Gasteiger partial charge >= 0.3 is 6.03 Å². The van der Waals surface area contributed by atoms with Crippen molar-refractivity contribution in [2.24, 2.45) is 5.41 Å². The van der Waals surface area contributed by atoms with Gasteiger partial charge in [-0.15, -0.1) is 0 Å². The molecule has 1 aliphatic rings. The van der Waals surface area contributed by atoms with Crippen LogP contribution in [-0.4, -0.2) is 37.0 Å². The molecule has 6 nitrogen and oxygen atoms in total. The number of likely N-dealkylation sites (tertiary alicyclic amines) is 1. The summed E-state index contributed by atoms with van der Waals surface area (Å²) in [5.41, 5.74) is 2.10. The Labute approximate surface area is 182 Å². The zero-order valence-electron chi connectivity index (χ0n) is 17.6. The Hall–Kier alpha value is -2.73. The molecule has 0 saturated carbocycles. The molecule has 1 heterocycles. The molecule has 3 rings (SSSR count). The second-order valence-electron chi connectivity index (χ2n) is 7.97. The molecule has 1 atom stereocenters. The number of nitrogens with zero attached hydrogens (tertiary/aromatic N) is 1. The van der Waals surface area contributed by atoms with E-state index >= 15 is 0 Å². The molecule has 2 N–H and O–H groups in total. The molecular weight excluding hydrogens is 402 g/mol. The van der Waals surface area contributed by atoms with Gasteiger partial charge in [0.1, 0.15) is 5.75 Å². The summed E-state index contributed by atoms with van der Waals surface area (Å²) in [5.74, 6) is 0.493. The second kappa shape index (κ2) is 9.39. The summed E-state index contributed by atoms with van der Waals surface area (Å²) < 4.78 is 5.30. The standard InChI is InChI=1S/C23H28ClN3O3/c1-16-7-4-5-8-17(16)14-25-21(28)23(2)11-6-12-27(15-23)22(29)26-19-13-18(24)9-10-20(19)30-3/h4-5,7-10,13H,6,11-12,14-15H2,1-3H3,(H,25,28)(H,26,29)/t23-/m1/s1. The van der Waals surface area contributed by atoms with E-state index in [4.69, 9.17) is 16.3 Å². The largest absolute Gasteiger partial charge is 0.495 e. The van der Waals surface area contributed by atoms with Gasteiger partial charge in [0.2, 0.25) is 5.91 Å². The van der Waals surface area contributed by atoms with E-state index in [2.05, 4.69) is 10.6 Å². The number of carbonyl (C=O) groups is 2. The fourth-order valence-electron chi connectivity index (χ4n) is 3.77. The molecule has 30 heavy (non-hydrogen) atoms. The predicted molar refractivity (Wildman–Crippen MR) is 119 cm³/mol. The van der Waals surface area contributed by atoms with Gasteiger partial charge in [0.25, 0.3) is 0 Å². The Morgan fingerprint density at radius 3 is 2.73 bits per heavy atom. The second-order valence-corrected chi connectivity index (χ2v) is 8.41. The quantitative estimate of drug-likeness (QED) is 0.729. The summed E-state index contributed by atoms with van der Waals surface area (Å²) in [7, 11) is 1.54. The number of ether oxygens (including phenoxy) is 1. The van der Waals surface area contributed by atoms with Gasteiger partial charge < -0.3 is 20.3 Å². The number of hydrogen-bond acceptors (Lipinski definition) is 3. The van der Waals surface area contributed by atoms with E-state index in [0.717, 1.165) is 24.0 Å². The third kappa shape index (κ3) is 5.05. The highest BCUT2D eigenvalue weighted by Crippen LogP contribution is 2.32. The highest BCUT2D eigenvalue weighted by atomic mass is 35.5. The molecule has 0 spiro atoms. The Bertz CT molecular complexity index is 934. The number of amides is 3. The molecule has 0 bridgehead atoms. The number of benzene rings is 2. The minimum absolute atomic E-state index is 0.0383. The molecule has 2 aromatic rings. The van der Waals surface area contributed by atoms with Crippen molar-refractivity contribution in [1.29, 1.82) is 0 Å². The van der Waals surface area contributed by atoms with E-state index in [1.165, 1.54) is 7.11 Å². The SMILES string of the molecule is COc1ccc(Cl)cc1NC(=O)N1CCC[C@@](C)(C(=O)NCc2ccccc2C)C1. The van der Waals surface area contributed by atoms with E-state index in [-0.39, 0.29) is 11.9 Å². The van der Waals surface area contributed by atoms with Crippen molar-refractivity contribution in [3.63, 3.8) is 0 Å². The van der Waals surface area contributed by atoms with E-state index in [9.17, 15) is 9.59 Å². The monoisotopic (exact) mass is 429 g/mol.